The predicted octanol–water partition coefficient (Wildman–Crippen LogP) is 3.46. The number of anilines is 2. The minimum Gasteiger partial charge on any atom is -0.497 e. The molecule has 0 aromatic heterocycles. The van der Waals surface area contributed by atoms with Gasteiger partial charge in [-0.1, -0.05) is 17.7 Å². The number of rotatable bonds is 7. The van der Waals surface area contributed by atoms with Crippen molar-refractivity contribution in [3.05, 3.63) is 47.0 Å². The van der Waals surface area contributed by atoms with E-state index in [1.807, 2.05) is 6.92 Å². The fourth-order valence-corrected chi connectivity index (χ4v) is 4.06. The largest absolute Gasteiger partial charge is 0.497 e. The summed E-state index contributed by atoms with van der Waals surface area (Å²) in [5.74, 6) is 0.216. The van der Waals surface area contributed by atoms with Gasteiger partial charge in [0, 0.05) is 16.8 Å². The van der Waals surface area contributed by atoms with E-state index in [2.05, 4.69) is 5.32 Å². The normalized spacial score (nSPS) is 12.2. The van der Waals surface area contributed by atoms with E-state index in [9.17, 15) is 13.2 Å². The Morgan fingerprint density at radius 1 is 1.14 bits per heavy atom. The molecule has 0 spiro atoms. The number of hydrogen-bond donors (Lipinski definition) is 1. The van der Waals surface area contributed by atoms with Crippen molar-refractivity contribution in [1.82, 2.24) is 0 Å². The zero-order valence-corrected chi connectivity index (χ0v) is 17.9. The average molecular weight is 427 g/mol. The number of nitrogens with zero attached hydrogens (tertiary/aromatic N) is 1. The van der Waals surface area contributed by atoms with Gasteiger partial charge in [-0.3, -0.25) is 9.10 Å². The van der Waals surface area contributed by atoms with Crippen molar-refractivity contribution in [1.29, 1.82) is 0 Å². The summed E-state index contributed by atoms with van der Waals surface area (Å²) < 4.78 is 36.6. The van der Waals surface area contributed by atoms with Crippen LogP contribution in [-0.4, -0.2) is 40.8 Å². The summed E-state index contributed by atoms with van der Waals surface area (Å²) in [5, 5.41) is 3.20. The Kier molecular flexibility index (Phi) is 6.79. The summed E-state index contributed by atoms with van der Waals surface area (Å²) in [6.45, 7) is 3.31. The van der Waals surface area contributed by atoms with Crippen molar-refractivity contribution in [3.8, 4) is 11.5 Å². The van der Waals surface area contributed by atoms with Crippen LogP contribution in [0.5, 0.6) is 11.5 Å². The zero-order chi connectivity index (χ0) is 21.1. The van der Waals surface area contributed by atoms with E-state index in [-0.39, 0.29) is 5.69 Å². The molecule has 1 atom stereocenters. The van der Waals surface area contributed by atoms with Gasteiger partial charge in [-0.25, -0.2) is 8.42 Å². The van der Waals surface area contributed by atoms with Gasteiger partial charge in [0.2, 0.25) is 15.9 Å². The average Bonchev–Trinajstić information content (AvgIpc) is 2.63. The van der Waals surface area contributed by atoms with Crippen LogP contribution in [0.3, 0.4) is 0 Å². The number of benzene rings is 2. The van der Waals surface area contributed by atoms with E-state index in [0.717, 1.165) is 16.1 Å². The number of nitrogens with one attached hydrogen (secondary N) is 1. The summed E-state index contributed by atoms with van der Waals surface area (Å²) in [7, 11) is -0.930. The molecule has 0 saturated carbocycles. The van der Waals surface area contributed by atoms with Gasteiger partial charge in [0.1, 0.15) is 17.5 Å². The Balaban J connectivity index is 2.46. The monoisotopic (exact) mass is 426 g/mol. The molecule has 9 heteroatoms. The summed E-state index contributed by atoms with van der Waals surface area (Å²) >= 11 is 6.00. The van der Waals surface area contributed by atoms with Crippen LogP contribution in [0.2, 0.25) is 5.02 Å². The molecule has 1 amide bonds. The van der Waals surface area contributed by atoms with E-state index in [1.54, 1.807) is 30.3 Å². The fourth-order valence-electron chi connectivity index (χ4n) is 2.72. The molecular weight excluding hydrogens is 404 g/mol. The van der Waals surface area contributed by atoms with Crippen LogP contribution >= 0.6 is 11.6 Å². The first-order chi connectivity index (χ1) is 13.1. The third-order valence-corrected chi connectivity index (χ3v) is 5.63. The number of ether oxygens (including phenoxy) is 2. The first-order valence-electron chi connectivity index (χ1n) is 8.37. The van der Waals surface area contributed by atoms with E-state index < -0.39 is 22.0 Å². The lowest BCUT2D eigenvalue weighted by Gasteiger charge is -2.29. The molecular formula is C19H23ClN2O5S. The fraction of sp³-hybridized carbons (Fsp3) is 0.316. The molecule has 28 heavy (non-hydrogen) atoms. The quantitative estimate of drug-likeness (QED) is 0.732. The highest BCUT2D eigenvalue weighted by Gasteiger charge is 2.32. The number of amides is 1. The molecule has 0 unspecified atom stereocenters. The smallest absolute Gasteiger partial charge is 0.248 e. The van der Waals surface area contributed by atoms with Gasteiger partial charge < -0.3 is 14.8 Å². The second-order valence-electron chi connectivity index (χ2n) is 6.22. The second-order valence-corrected chi connectivity index (χ2v) is 8.52. The van der Waals surface area contributed by atoms with Crippen molar-refractivity contribution in [2.45, 2.75) is 19.9 Å². The number of halogens is 1. The number of sulfonamides is 1. The van der Waals surface area contributed by atoms with Gasteiger partial charge in [-0.05, 0) is 43.7 Å². The summed E-state index contributed by atoms with van der Waals surface area (Å²) in [6, 6.07) is 8.75. The molecule has 0 aliphatic heterocycles. The summed E-state index contributed by atoms with van der Waals surface area (Å²) in [5.41, 5.74) is 1.51. The predicted molar refractivity (Wildman–Crippen MR) is 111 cm³/mol. The minimum absolute atomic E-state index is 0.204. The second kappa shape index (κ2) is 8.70. The van der Waals surface area contributed by atoms with E-state index in [1.165, 1.54) is 27.2 Å². The SMILES string of the molecule is COc1ccc(OC)c(N([C@H](C)C(=O)Nc2cc(Cl)ccc2C)S(C)(=O)=O)c1. The lowest BCUT2D eigenvalue weighted by molar-refractivity contribution is -0.116. The molecule has 152 valence electrons. The molecule has 2 aromatic carbocycles. The van der Waals surface area contributed by atoms with E-state index in [0.29, 0.717) is 22.2 Å². The van der Waals surface area contributed by atoms with Crippen LogP contribution in [-0.2, 0) is 14.8 Å². The van der Waals surface area contributed by atoms with Gasteiger partial charge in [0.05, 0.1) is 26.2 Å². The molecule has 2 rings (SSSR count). The minimum atomic E-state index is -3.82. The van der Waals surface area contributed by atoms with E-state index >= 15 is 0 Å². The van der Waals surface area contributed by atoms with Crippen LogP contribution in [0, 0.1) is 6.92 Å². The zero-order valence-electron chi connectivity index (χ0n) is 16.3. The number of methoxy groups -OCH3 is 2. The molecule has 0 aliphatic rings. The van der Waals surface area contributed by atoms with Crippen LogP contribution in [0.1, 0.15) is 12.5 Å². The lowest BCUT2D eigenvalue weighted by atomic mass is 10.2. The molecule has 0 bridgehead atoms. The molecule has 7 nitrogen and oxygen atoms in total. The van der Waals surface area contributed by atoms with Crippen molar-refractivity contribution in [3.63, 3.8) is 0 Å². The van der Waals surface area contributed by atoms with Gasteiger partial charge >= 0.3 is 0 Å². The molecule has 0 radical (unpaired) electrons. The van der Waals surface area contributed by atoms with Crippen LogP contribution in [0.15, 0.2) is 36.4 Å². The molecule has 0 saturated heterocycles. The third-order valence-electron chi connectivity index (χ3n) is 4.17. The number of aryl methyl sites for hydroxylation is 1. The van der Waals surface area contributed by atoms with Gasteiger partial charge in [-0.15, -0.1) is 0 Å². The Hall–Kier alpha value is -2.45. The van der Waals surface area contributed by atoms with Gasteiger partial charge in [-0.2, -0.15) is 0 Å². The maximum absolute atomic E-state index is 12.9. The number of hydrogen-bond acceptors (Lipinski definition) is 5. The summed E-state index contributed by atoms with van der Waals surface area (Å²) in [4.78, 5) is 12.9. The highest BCUT2D eigenvalue weighted by Crippen LogP contribution is 2.35. The Morgan fingerprint density at radius 2 is 1.82 bits per heavy atom. The van der Waals surface area contributed by atoms with Crippen molar-refractivity contribution >= 4 is 38.9 Å². The summed E-state index contributed by atoms with van der Waals surface area (Å²) in [6.07, 6.45) is 1.03. The Bertz CT molecular complexity index is 978. The standard InChI is InChI=1S/C19H23ClN2O5S/c1-12-6-7-14(20)10-16(12)21-19(23)13(2)22(28(5,24)25)17-11-15(26-3)8-9-18(17)27-4/h6-11,13H,1-5H3,(H,21,23)/t13-/m1/s1. The molecule has 1 N–H and O–H groups in total. The maximum Gasteiger partial charge on any atom is 0.248 e. The Morgan fingerprint density at radius 3 is 2.39 bits per heavy atom. The first kappa shape index (κ1) is 21.8. The van der Waals surface area contributed by atoms with Gasteiger partial charge in [0.15, 0.2) is 0 Å². The molecule has 0 heterocycles. The van der Waals surface area contributed by atoms with Crippen molar-refractivity contribution < 1.29 is 22.7 Å². The van der Waals surface area contributed by atoms with Crippen molar-refractivity contribution in [2.24, 2.45) is 0 Å². The first-order valence-corrected chi connectivity index (χ1v) is 10.6. The van der Waals surface area contributed by atoms with Crippen LogP contribution in [0.4, 0.5) is 11.4 Å². The highest BCUT2D eigenvalue weighted by molar-refractivity contribution is 7.92. The number of carbonyl (C=O) groups is 1. The van der Waals surface area contributed by atoms with E-state index in [4.69, 9.17) is 21.1 Å². The number of carbonyl (C=O) groups excluding carboxylic acids is 1. The molecule has 2 aromatic rings. The highest BCUT2D eigenvalue weighted by atomic mass is 35.5. The lowest BCUT2D eigenvalue weighted by Crippen LogP contribution is -2.45. The van der Waals surface area contributed by atoms with Crippen LogP contribution in [0.25, 0.3) is 0 Å². The van der Waals surface area contributed by atoms with Gasteiger partial charge in [0.25, 0.3) is 0 Å². The van der Waals surface area contributed by atoms with Crippen LogP contribution < -0.4 is 19.1 Å². The molecule has 0 fully saturated rings. The maximum atomic E-state index is 12.9. The third kappa shape index (κ3) is 4.88. The Labute approximate surface area is 170 Å². The van der Waals surface area contributed by atoms with Crippen molar-refractivity contribution in [2.75, 3.05) is 30.1 Å². The molecule has 0 aliphatic carbocycles. The topological polar surface area (TPSA) is 84.9 Å².